The van der Waals surface area contributed by atoms with Crippen LogP contribution in [-0.2, 0) is 6.42 Å². The summed E-state index contributed by atoms with van der Waals surface area (Å²) >= 11 is 0. The van der Waals surface area contributed by atoms with E-state index in [2.05, 4.69) is 53.2 Å². The van der Waals surface area contributed by atoms with E-state index in [0.717, 1.165) is 25.3 Å². The van der Waals surface area contributed by atoms with Gasteiger partial charge >= 0.3 is 0 Å². The van der Waals surface area contributed by atoms with Crippen LogP contribution in [0.1, 0.15) is 5.56 Å². The molecule has 2 aromatic carbocycles. The first-order chi connectivity index (χ1) is 9.74. The van der Waals surface area contributed by atoms with Crippen LogP contribution in [0.2, 0.25) is 0 Å². The van der Waals surface area contributed by atoms with Gasteiger partial charge in [-0.3, -0.25) is 0 Å². The van der Waals surface area contributed by atoms with Crippen molar-refractivity contribution in [3.63, 3.8) is 0 Å². The maximum Gasteiger partial charge on any atom is 0.0400 e. The molecule has 0 radical (unpaired) electrons. The number of para-hydroxylation sites is 1. The predicted octanol–water partition coefficient (Wildman–Crippen LogP) is 2.77. The number of fused-ring (bicyclic) bond motifs is 1. The molecule has 0 saturated carbocycles. The molecule has 104 valence electrons. The number of benzene rings is 2. The maximum absolute atomic E-state index is 5.73. The molecule has 3 nitrogen and oxygen atoms in total. The minimum absolute atomic E-state index is 0.815. The number of rotatable bonds is 4. The SMILES string of the molecule is CN(CCN1CCc2ccccc21)c1ccc(N)cc1. The van der Waals surface area contributed by atoms with Crippen molar-refractivity contribution in [2.75, 3.05) is 42.2 Å². The molecule has 0 unspecified atom stereocenters. The summed E-state index contributed by atoms with van der Waals surface area (Å²) in [5, 5.41) is 0. The van der Waals surface area contributed by atoms with E-state index in [9.17, 15) is 0 Å². The van der Waals surface area contributed by atoms with E-state index in [1.807, 2.05) is 12.1 Å². The Hall–Kier alpha value is -2.16. The summed E-state index contributed by atoms with van der Waals surface area (Å²) in [6.45, 7) is 3.20. The lowest BCUT2D eigenvalue weighted by Gasteiger charge is -2.25. The quantitative estimate of drug-likeness (QED) is 0.865. The van der Waals surface area contributed by atoms with Gasteiger partial charge in [0.25, 0.3) is 0 Å². The number of hydrogen-bond acceptors (Lipinski definition) is 3. The summed E-state index contributed by atoms with van der Waals surface area (Å²) in [7, 11) is 2.13. The Morgan fingerprint density at radius 3 is 2.65 bits per heavy atom. The monoisotopic (exact) mass is 267 g/mol. The molecule has 0 amide bonds. The second kappa shape index (κ2) is 5.45. The van der Waals surface area contributed by atoms with E-state index < -0.39 is 0 Å². The van der Waals surface area contributed by atoms with Crippen molar-refractivity contribution < 1.29 is 0 Å². The zero-order chi connectivity index (χ0) is 13.9. The number of nitrogen functional groups attached to an aromatic ring is 1. The summed E-state index contributed by atoms with van der Waals surface area (Å²) in [5.74, 6) is 0. The lowest BCUT2D eigenvalue weighted by molar-refractivity contribution is 0.790. The van der Waals surface area contributed by atoms with Gasteiger partial charge in [0.15, 0.2) is 0 Å². The number of nitrogens with zero attached hydrogens (tertiary/aromatic N) is 2. The van der Waals surface area contributed by atoms with Gasteiger partial charge < -0.3 is 15.5 Å². The highest BCUT2D eigenvalue weighted by Gasteiger charge is 2.18. The molecular formula is C17H21N3. The summed E-state index contributed by atoms with van der Waals surface area (Å²) in [6.07, 6.45) is 1.17. The first-order valence-corrected chi connectivity index (χ1v) is 7.13. The van der Waals surface area contributed by atoms with E-state index in [-0.39, 0.29) is 0 Å². The Morgan fingerprint density at radius 2 is 1.85 bits per heavy atom. The third-order valence-corrected chi connectivity index (χ3v) is 4.02. The molecule has 20 heavy (non-hydrogen) atoms. The highest BCUT2D eigenvalue weighted by atomic mass is 15.2. The van der Waals surface area contributed by atoms with Gasteiger partial charge in [-0.2, -0.15) is 0 Å². The lowest BCUT2D eigenvalue weighted by Crippen LogP contribution is -2.32. The van der Waals surface area contributed by atoms with Crippen LogP contribution in [0.15, 0.2) is 48.5 Å². The molecule has 3 heteroatoms. The molecule has 0 fully saturated rings. The van der Waals surface area contributed by atoms with Crippen LogP contribution in [0, 0.1) is 0 Å². The Balaban J connectivity index is 1.62. The average molecular weight is 267 g/mol. The van der Waals surface area contributed by atoms with Crippen LogP contribution in [0.25, 0.3) is 0 Å². The van der Waals surface area contributed by atoms with Crippen LogP contribution < -0.4 is 15.5 Å². The fourth-order valence-electron chi connectivity index (χ4n) is 2.77. The number of hydrogen-bond donors (Lipinski definition) is 1. The van der Waals surface area contributed by atoms with E-state index >= 15 is 0 Å². The lowest BCUT2D eigenvalue weighted by atomic mass is 10.2. The zero-order valence-corrected chi connectivity index (χ0v) is 11.9. The number of anilines is 3. The summed E-state index contributed by atoms with van der Waals surface area (Å²) < 4.78 is 0. The van der Waals surface area contributed by atoms with Gasteiger partial charge in [0, 0.05) is 43.7 Å². The van der Waals surface area contributed by atoms with Crippen molar-refractivity contribution >= 4 is 17.1 Å². The molecule has 2 aromatic rings. The van der Waals surface area contributed by atoms with Gasteiger partial charge in [-0.1, -0.05) is 18.2 Å². The van der Waals surface area contributed by atoms with E-state index in [4.69, 9.17) is 5.73 Å². The fraction of sp³-hybridized carbons (Fsp3) is 0.294. The van der Waals surface area contributed by atoms with Crippen molar-refractivity contribution in [1.29, 1.82) is 0 Å². The highest BCUT2D eigenvalue weighted by Crippen LogP contribution is 2.27. The second-order valence-electron chi connectivity index (χ2n) is 5.38. The molecule has 0 bridgehead atoms. The topological polar surface area (TPSA) is 32.5 Å². The standard InChI is InChI=1S/C17H21N3/c1-19(16-8-6-15(18)7-9-16)12-13-20-11-10-14-4-2-3-5-17(14)20/h2-9H,10-13,18H2,1H3. The molecular weight excluding hydrogens is 246 g/mol. The Morgan fingerprint density at radius 1 is 1.10 bits per heavy atom. The summed E-state index contributed by atoms with van der Waals surface area (Å²) in [6, 6.07) is 16.8. The molecule has 0 aliphatic carbocycles. The fourth-order valence-corrected chi connectivity index (χ4v) is 2.77. The van der Waals surface area contributed by atoms with Gasteiger partial charge in [0.1, 0.15) is 0 Å². The Labute approximate surface area is 120 Å². The Kier molecular flexibility index (Phi) is 3.50. The maximum atomic E-state index is 5.73. The third kappa shape index (κ3) is 2.57. The third-order valence-electron chi connectivity index (χ3n) is 4.02. The zero-order valence-electron chi connectivity index (χ0n) is 11.9. The molecule has 1 heterocycles. The van der Waals surface area contributed by atoms with Crippen LogP contribution in [0.5, 0.6) is 0 Å². The van der Waals surface area contributed by atoms with Gasteiger partial charge in [0.2, 0.25) is 0 Å². The minimum atomic E-state index is 0.815. The van der Waals surface area contributed by atoms with Crippen molar-refractivity contribution in [2.24, 2.45) is 0 Å². The van der Waals surface area contributed by atoms with Gasteiger partial charge in [-0.15, -0.1) is 0 Å². The summed E-state index contributed by atoms with van der Waals surface area (Å²) in [4.78, 5) is 4.75. The number of likely N-dealkylation sites (N-methyl/N-ethyl adjacent to an activating group) is 1. The van der Waals surface area contributed by atoms with E-state index in [1.54, 1.807) is 0 Å². The van der Waals surface area contributed by atoms with E-state index in [1.165, 1.54) is 23.4 Å². The van der Waals surface area contributed by atoms with Gasteiger partial charge in [-0.05, 0) is 42.3 Å². The molecule has 3 rings (SSSR count). The molecule has 0 saturated heterocycles. The molecule has 0 atom stereocenters. The average Bonchev–Trinajstić information content (AvgIpc) is 2.89. The molecule has 1 aliphatic heterocycles. The number of nitrogens with two attached hydrogens (primary N) is 1. The second-order valence-corrected chi connectivity index (χ2v) is 5.38. The van der Waals surface area contributed by atoms with Gasteiger partial charge in [-0.25, -0.2) is 0 Å². The van der Waals surface area contributed by atoms with Crippen molar-refractivity contribution in [3.8, 4) is 0 Å². The summed E-state index contributed by atoms with van der Waals surface area (Å²) in [5.41, 5.74) is 10.6. The van der Waals surface area contributed by atoms with Crippen LogP contribution in [0.4, 0.5) is 17.1 Å². The smallest absolute Gasteiger partial charge is 0.0400 e. The largest absolute Gasteiger partial charge is 0.399 e. The van der Waals surface area contributed by atoms with Crippen molar-refractivity contribution in [3.05, 3.63) is 54.1 Å². The molecule has 2 N–H and O–H groups in total. The molecule has 0 aromatic heterocycles. The predicted molar refractivity (Wildman–Crippen MR) is 86.5 cm³/mol. The normalized spacial score (nSPS) is 13.3. The first kappa shape index (κ1) is 12.9. The minimum Gasteiger partial charge on any atom is -0.399 e. The van der Waals surface area contributed by atoms with E-state index in [0.29, 0.717) is 0 Å². The first-order valence-electron chi connectivity index (χ1n) is 7.13. The van der Waals surface area contributed by atoms with Crippen molar-refractivity contribution in [1.82, 2.24) is 0 Å². The van der Waals surface area contributed by atoms with Crippen LogP contribution in [-0.4, -0.2) is 26.7 Å². The van der Waals surface area contributed by atoms with Gasteiger partial charge in [0.05, 0.1) is 0 Å². The van der Waals surface area contributed by atoms with Crippen LogP contribution >= 0.6 is 0 Å². The van der Waals surface area contributed by atoms with Crippen LogP contribution in [0.3, 0.4) is 0 Å². The highest BCUT2D eigenvalue weighted by molar-refractivity contribution is 5.58. The molecule has 1 aliphatic rings. The Bertz CT molecular complexity index is 577. The van der Waals surface area contributed by atoms with Crippen molar-refractivity contribution in [2.45, 2.75) is 6.42 Å². The molecule has 0 spiro atoms.